The van der Waals surface area contributed by atoms with Crippen molar-refractivity contribution >= 4 is 0 Å². The molecule has 1 saturated carbocycles. The van der Waals surface area contributed by atoms with Crippen LogP contribution in [0.25, 0.3) is 0 Å². The first-order chi connectivity index (χ1) is 10.3. The van der Waals surface area contributed by atoms with Gasteiger partial charge in [0.15, 0.2) is 0 Å². The monoisotopic (exact) mass is 285 g/mol. The second-order valence-electron chi connectivity index (χ2n) is 5.89. The number of rotatable bonds is 3. The molecule has 4 rings (SSSR count). The van der Waals surface area contributed by atoms with Gasteiger partial charge in [-0.15, -0.1) is 0 Å². The molecule has 1 unspecified atom stereocenters. The van der Waals surface area contributed by atoms with Crippen molar-refractivity contribution in [2.75, 3.05) is 13.7 Å². The van der Waals surface area contributed by atoms with Crippen LogP contribution in [0.1, 0.15) is 48.0 Å². The lowest BCUT2D eigenvalue weighted by Gasteiger charge is -2.37. The fraction of sp³-hybridized carbons (Fsp3) is 0.500. The molecule has 110 valence electrons. The Morgan fingerprint density at radius 1 is 1.33 bits per heavy atom. The van der Waals surface area contributed by atoms with Crippen LogP contribution in [0, 0.1) is 0 Å². The Morgan fingerprint density at radius 3 is 2.95 bits per heavy atom. The van der Waals surface area contributed by atoms with Crippen LogP contribution < -0.4 is 5.32 Å². The molecule has 21 heavy (non-hydrogen) atoms. The van der Waals surface area contributed by atoms with Gasteiger partial charge in [-0.2, -0.15) is 4.98 Å². The summed E-state index contributed by atoms with van der Waals surface area (Å²) in [4.78, 5) is 4.66. The van der Waals surface area contributed by atoms with Crippen molar-refractivity contribution in [2.24, 2.45) is 0 Å². The van der Waals surface area contributed by atoms with E-state index in [4.69, 9.17) is 9.26 Å². The lowest BCUT2D eigenvalue weighted by Crippen LogP contribution is -2.37. The number of fused-ring (bicyclic) bond motifs is 1. The summed E-state index contributed by atoms with van der Waals surface area (Å²) < 4.78 is 11.2. The number of hydrogen-bond acceptors (Lipinski definition) is 5. The lowest BCUT2D eigenvalue weighted by atomic mass is 9.79. The summed E-state index contributed by atoms with van der Waals surface area (Å²) in [5, 5.41) is 7.61. The van der Waals surface area contributed by atoms with Gasteiger partial charge in [-0.3, -0.25) is 0 Å². The summed E-state index contributed by atoms with van der Waals surface area (Å²) in [6.45, 7) is 1.73. The van der Waals surface area contributed by atoms with E-state index >= 15 is 0 Å². The van der Waals surface area contributed by atoms with E-state index in [1.54, 1.807) is 7.11 Å². The molecule has 1 aliphatic carbocycles. The zero-order chi connectivity index (χ0) is 14.3. The van der Waals surface area contributed by atoms with Gasteiger partial charge in [0.2, 0.25) is 11.7 Å². The molecule has 0 amide bonds. The first-order valence-corrected chi connectivity index (χ1v) is 7.50. The molecule has 1 aliphatic heterocycles. The first kappa shape index (κ1) is 13.0. The van der Waals surface area contributed by atoms with E-state index in [1.165, 1.54) is 11.1 Å². The molecule has 2 heterocycles. The number of hydrogen-bond donors (Lipinski definition) is 1. The van der Waals surface area contributed by atoms with Crippen LogP contribution in [0.5, 0.6) is 0 Å². The molecular formula is C16H19N3O2. The fourth-order valence-corrected chi connectivity index (χ4v) is 3.30. The molecule has 1 fully saturated rings. The molecule has 1 atom stereocenters. The van der Waals surface area contributed by atoms with E-state index in [9.17, 15) is 0 Å². The molecule has 1 aromatic carbocycles. The highest BCUT2D eigenvalue weighted by Gasteiger charge is 2.43. The fourth-order valence-electron chi connectivity index (χ4n) is 3.30. The molecule has 5 heteroatoms. The van der Waals surface area contributed by atoms with E-state index in [1.807, 2.05) is 0 Å². The third kappa shape index (κ3) is 2.00. The normalized spacial score (nSPS) is 23.4. The predicted octanol–water partition coefficient (Wildman–Crippen LogP) is 2.33. The Bertz CT molecular complexity index is 643. The maximum absolute atomic E-state index is 5.63. The summed E-state index contributed by atoms with van der Waals surface area (Å²) in [7, 11) is 1.73. The standard InChI is InChI=1S/C16H19N3O2/c1-20-16(7-4-8-16)15-18-14(21-19-15)13-10-17-9-11-5-2-3-6-12(11)13/h2-3,5-6,13,17H,4,7-10H2,1H3. The Balaban J connectivity index is 1.68. The van der Waals surface area contributed by atoms with Crippen molar-refractivity contribution in [1.29, 1.82) is 0 Å². The SMILES string of the molecule is COC1(c2noc(C3CNCc4ccccc43)n2)CCC1. The molecule has 0 radical (unpaired) electrons. The summed E-state index contributed by atoms with van der Waals surface area (Å²) >= 11 is 0. The van der Waals surface area contributed by atoms with E-state index in [2.05, 4.69) is 39.7 Å². The van der Waals surface area contributed by atoms with Gasteiger partial charge in [0.25, 0.3) is 0 Å². The highest BCUT2D eigenvalue weighted by Crippen LogP contribution is 2.43. The molecular weight excluding hydrogens is 266 g/mol. The van der Waals surface area contributed by atoms with Crippen molar-refractivity contribution in [2.45, 2.75) is 37.3 Å². The molecule has 2 aliphatic rings. The topological polar surface area (TPSA) is 60.2 Å². The van der Waals surface area contributed by atoms with E-state index in [0.717, 1.165) is 32.4 Å². The number of methoxy groups -OCH3 is 1. The van der Waals surface area contributed by atoms with Crippen LogP contribution in [0.2, 0.25) is 0 Å². The smallest absolute Gasteiger partial charge is 0.235 e. The Morgan fingerprint density at radius 2 is 2.19 bits per heavy atom. The van der Waals surface area contributed by atoms with Crippen LogP contribution in [0.3, 0.4) is 0 Å². The molecule has 2 aromatic rings. The second-order valence-corrected chi connectivity index (χ2v) is 5.89. The Labute approximate surface area is 123 Å². The minimum absolute atomic E-state index is 0.130. The summed E-state index contributed by atoms with van der Waals surface area (Å²) in [5.74, 6) is 1.52. The number of aromatic nitrogens is 2. The number of nitrogens with one attached hydrogen (secondary N) is 1. The highest BCUT2D eigenvalue weighted by atomic mass is 16.5. The van der Waals surface area contributed by atoms with Crippen molar-refractivity contribution in [1.82, 2.24) is 15.5 Å². The van der Waals surface area contributed by atoms with E-state index in [0.29, 0.717) is 11.7 Å². The average molecular weight is 285 g/mol. The summed E-state index contributed by atoms with van der Waals surface area (Å²) in [6.07, 6.45) is 3.11. The molecule has 0 spiro atoms. The largest absolute Gasteiger partial charge is 0.370 e. The number of benzene rings is 1. The maximum atomic E-state index is 5.63. The van der Waals surface area contributed by atoms with Gasteiger partial charge in [0.05, 0.1) is 5.92 Å². The third-order valence-corrected chi connectivity index (χ3v) is 4.79. The van der Waals surface area contributed by atoms with Gasteiger partial charge < -0.3 is 14.6 Å². The van der Waals surface area contributed by atoms with E-state index in [-0.39, 0.29) is 11.5 Å². The number of ether oxygens (including phenoxy) is 1. The average Bonchev–Trinajstić information content (AvgIpc) is 2.96. The zero-order valence-electron chi connectivity index (χ0n) is 12.1. The van der Waals surface area contributed by atoms with Gasteiger partial charge in [-0.05, 0) is 30.4 Å². The number of nitrogens with zero attached hydrogens (tertiary/aromatic N) is 2. The molecule has 1 N–H and O–H groups in total. The zero-order valence-corrected chi connectivity index (χ0v) is 12.1. The van der Waals surface area contributed by atoms with Crippen LogP contribution in [0.4, 0.5) is 0 Å². The van der Waals surface area contributed by atoms with Gasteiger partial charge in [-0.25, -0.2) is 0 Å². The summed E-state index contributed by atoms with van der Waals surface area (Å²) in [5.41, 5.74) is 2.27. The Kier molecular flexibility index (Phi) is 3.05. The second kappa shape index (κ2) is 4.93. The van der Waals surface area contributed by atoms with E-state index < -0.39 is 0 Å². The molecule has 0 saturated heterocycles. The van der Waals surface area contributed by atoms with Gasteiger partial charge in [-0.1, -0.05) is 29.4 Å². The first-order valence-electron chi connectivity index (χ1n) is 7.50. The van der Waals surface area contributed by atoms with Gasteiger partial charge in [0, 0.05) is 20.2 Å². The van der Waals surface area contributed by atoms with Crippen molar-refractivity contribution in [3.63, 3.8) is 0 Å². The van der Waals surface area contributed by atoms with Crippen molar-refractivity contribution < 1.29 is 9.26 Å². The van der Waals surface area contributed by atoms with Crippen molar-refractivity contribution in [3.8, 4) is 0 Å². The highest BCUT2D eigenvalue weighted by molar-refractivity contribution is 5.36. The third-order valence-electron chi connectivity index (χ3n) is 4.79. The van der Waals surface area contributed by atoms with Crippen molar-refractivity contribution in [3.05, 3.63) is 47.1 Å². The van der Waals surface area contributed by atoms with Gasteiger partial charge >= 0.3 is 0 Å². The lowest BCUT2D eigenvalue weighted by molar-refractivity contribution is -0.0858. The minimum Gasteiger partial charge on any atom is -0.370 e. The van der Waals surface area contributed by atoms with Gasteiger partial charge in [0.1, 0.15) is 5.60 Å². The van der Waals surface area contributed by atoms with Crippen LogP contribution >= 0.6 is 0 Å². The summed E-state index contributed by atoms with van der Waals surface area (Å²) in [6, 6.07) is 8.43. The maximum Gasteiger partial charge on any atom is 0.235 e. The predicted molar refractivity (Wildman–Crippen MR) is 76.8 cm³/mol. The molecule has 1 aromatic heterocycles. The molecule has 0 bridgehead atoms. The Hall–Kier alpha value is -1.72. The van der Waals surface area contributed by atoms with Crippen LogP contribution in [-0.4, -0.2) is 23.8 Å². The van der Waals surface area contributed by atoms with Crippen LogP contribution in [0.15, 0.2) is 28.8 Å². The molecule has 5 nitrogen and oxygen atoms in total. The van der Waals surface area contributed by atoms with Crippen LogP contribution in [-0.2, 0) is 16.9 Å². The minimum atomic E-state index is -0.316. The quantitative estimate of drug-likeness (QED) is 0.938.